The molecular formula is C24H22Cl3N3O3. The summed E-state index contributed by atoms with van der Waals surface area (Å²) in [4.78, 5) is 41.3. The molecule has 0 aromatic heterocycles. The first-order valence-corrected chi connectivity index (χ1v) is 11.5. The molecule has 1 atom stereocenters. The summed E-state index contributed by atoms with van der Waals surface area (Å²) in [5.74, 6) is -1.31. The normalized spacial score (nSPS) is 21.4. The number of carbonyl (C=O) groups is 3. The number of anilines is 2. The fraction of sp³-hybridized carbons (Fsp3) is 0.292. The molecule has 0 bridgehead atoms. The summed E-state index contributed by atoms with van der Waals surface area (Å²) in [6, 6.07) is 7.23. The van der Waals surface area contributed by atoms with Gasteiger partial charge in [-0.15, -0.1) is 0 Å². The summed E-state index contributed by atoms with van der Waals surface area (Å²) in [6.07, 6.45) is 2.36. The molecule has 2 aliphatic heterocycles. The number of benzene rings is 2. The Balaban J connectivity index is 1.77. The lowest BCUT2D eigenvalue weighted by atomic mass is 9.80. The highest BCUT2D eigenvalue weighted by Crippen LogP contribution is 2.44. The number of amides is 4. The van der Waals surface area contributed by atoms with Crippen molar-refractivity contribution in [2.24, 2.45) is 0 Å². The van der Waals surface area contributed by atoms with Gasteiger partial charge in [0.2, 0.25) is 0 Å². The van der Waals surface area contributed by atoms with Gasteiger partial charge in [0.05, 0.1) is 15.7 Å². The van der Waals surface area contributed by atoms with E-state index in [1.54, 1.807) is 0 Å². The summed E-state index contributed by atoms with van der Waals surface area (Å²) in [6.45, 7) is 6.49. The van der Waals surface area contributed by atoms with E-state index in [-0.39, 0.29) is 32.8 Å². The minimum Gasteiger partial charge on any atom is -0.369 e. The summed E-state index contributed by atoms with van der Waals surface area (Å²) < 4.78 is 0. The van der Waals surface area contributed by atoms with Crippen LogP contribution in [0.25, 0.3) is 6.08 Å². The van der Waals surface area contributed by atoms with Crippen molar-refractivity contribution in [2.45, 2.75) is 38.6 Å². The average Bonchev–Trinajstić information content (AvgIpc) is 2.72. The van der Waals surface area contributed by atoms with E-state index in [9.17, 15) is 14.4 Å². The van der Waals surface area contributed by atoms with Crippen LogP contribution in [0.2, 0.25) is 15.1 Å². The molecule has 6 nitrogen and oxygen atoms in total. The van der Waals surface area contributed by atoms with Gasteiger partial charge in [0.15, 0.2) is 0 Å². The molecule has 172 valence electrons. The zero-order valence-electron chi connectivity index (χ0n) is 18.5. The fourth-order valence-corrected chi connectivity index (χ4v) is 4.89. The van der Waals surface area contributed by atoms with Crippen LogP contribution in [0.4, 0.5) is 16.2 Å². The van der Waals surface area contributed by atoms with Crippen molar-refractivity contribution in [3.8, 4) is 0 Å². The van der Waals surface area contributed by atoms with E-state index in [0.717, 1.165) is 22.6 Å². The molecule has 4 amide bonds. The Morgan fingerprint density at radius 3 is 2.39 bits per heavy atom. The van der Waals surface area contributed by atoms with E-state index in [4.69, 9.17) is 34.8 Å². The largest absolute Gasteiger partial charge is 0.369 e. The van der Waals surface area contributed by atoms with E-state index in [1.165, 1.54) is 24.3 Å². The molecule has 0 unspecified atom stereocenters. The van der Waals surface area contributed by atoms with Crippen LogP contribution >= 0.6 is 34.8 Å². The number of urea groups is 1. The summed E-state index contributed by atoms with van der Waals surface area (Å²) >= 11 is 18.6. The molecule has 1 N–H and O–H groups in total. The highest BCUT2D eigenvalue weighted by molar-refractivity contribution is 6.43. The first-order valence-electron chi connectivity index (χ1n) is 10.3. The molecule has 33 heavy (non-hydrogen) atoms. The molecule has 0 radical (unpaired) electrons. The number of barbiturate groups is 1. The summed E-state index contributed by atoms with van der Waals surface area (Å²) in [7, 11) is 2.03. The molecule has 4 rings (SSSR count). The Bertz CT molecular complexity index is 1240. The van der Waals surface area contributed by atoms with E-state index in [1.807, 2.05) is 19.2 Å². The number of nitrogens with one attached hydrogen (secondary N) is 1. The molecule has 0 aliphatic carbocycles. The van der Waals surface area contributed by atoms with Crippen LogP contribution in [0.1, 0.15) is 44.2 Å². The Morgan fingerprint density at radius 2 is 1.73 bits per heavy atom. The Hall–Kier alpha value is -2.54. The first-order chi connectivity index (χ1) is 15.4. The third-order valence-corrected chi connectivity index (χ3v) is 7.38. The number of hydrogen-bond donors (Lipinski definition) is 1. The number of imide groups is 2. The minimum absolute atomic E-state index is 0.0321. The zero-order chi connectivity index (χ0) is 24.2. The predicted octanol–water partition coefficient (Wildman–Crippen LogP) is 6.04. The van der Waals surface area contributed by atoms with Crippen molar-refractivity contribution in [2.75, 3.05) is 16.8 Å². The lowest BCUT2D eigenvalue weighted by Crippen LogP contribution is -2.54. The van der Waals surface area contributed by atoms with Gasteiger partial charge in [0, 0.05) is 23.3 Å². The van der Waals surface area contributed by atoms with E-state index < -0.39 is 17.8 Å². The van der Waals surface area contributed by atoms with Gasteiger partial charge >= 0.3 is 6.03 Å². The lowest BCUT2D eigenvalue weighted by Gasteiger charge is -2.45. The van der Waals surface area contributed by atoms with Crippen molar-refractivity contribution < 1.29 is 14.4 Å². The van der Waals surface area contributed by atoms with Crippen LogP contribution in [-0.2, 0) is 9.59 Å². The van der Waals surface area contributed by atoms with Gasteiger partial charge in [-0.25, -0.2) is 9.69 Å². The van der Waals surface area contributed by atoms with Crippen molar-refractivity contribution >= 4 is 70.1 Å². The topological polar surface area (TPSA) is 69.7 Å². The fourth-order valence-electron chi connectivity index (χ4n) is 4.39. The number of rotatable bonds is 2. The second-order valence-electron chi connectivity index (χ2n) is 8.97. The van der Waals surface area contributed by atoms with E-state index in [0.29, 0.717) is 10.6 Å². The van der Waals surface area contributed by atoms with Crippen LogP contribution in [-0.4, -0.2) is 30.4 Å². The molecule has 1 fully saturated rings. The van der Waals surface area contributed by atoms with Crippen LogP contribution in [0.5, 0.6) is 0 Å². The molecule has 0 spiro atoms. The van der Waals surface area contributed by atoms with Crippen LogP contribution in [0, 0.1) is 0 Å². The molecule has 2 aromatic carbocycles. The number of halogens is 3. The number of carbonyl (C=O) groups excluding carboxylic acids is 3. The van der Waals surface area contributed by atoms with Gasteiger partial charge < -0.3 is 4.90 Å². The van der Waals surface area contributed by atoms with Crippen molar-refractivity contribution in [1.29, 1.82) is 0 Å². The quantitative estimate of drug-likeness (QED) is 0.398. The molecule has 9 heteroatoms. The predicted molar refractivity (Wildman–Crippen MR) is 132 cm³/mol. The molecular weight excluding hydrogens is 485 g/mol. The van der Waals surface area contributed by atoms with Gasteiger partial charge in [-0.2, -0.15) is 0 Å². The van der Waals surface area contributed by atoms with Gasteiger partial charge in [-0.3, -0.25) is 14.9 Å². The maximum atomic E-state index is 13.2. The zero-order valence-corrected chi connectivity index (χ0v) is 20.8. The molecule has 2 aliphatic rings. The smallest absolute Gasteiger partial charge is 0.335 e. The van der Waals surface area contributed by atoms with Gasteiger partial charge in [-0.1, -0.05) is 41.7 Å². The highest BCUT2D eigenvalue weighted by Gasteiger charge is 2.38. The van der Waals surface area contributed by atoms with E-state index in [2.05, 4.69) is 31.0 Å². The second-order valence-corrected chi connectivity index (χ2v) is 10.2. The first kappa shape index (κ1) is 23.6. The number of fused-ring (bicyclic) bond motifs is 1. The van der Waals surface area contributed by atoms with Crippen LogP contribution in [0.3, 0.4) is 0 Å². The van der Waals surface area contributed by atoms with Crippen molar-refractivity contribution in [3.05, 3.63) is 62.1 Å². The van der Waals surface area contributed by atoms with Crippen molar-refractivity contribution in [3.63, 3.8) is 0 Å². The maximum absolute atomic E-state index is 13.2. The van der Waals surface area contributed by atoms with Gasteiger partial charge in [-0.05, 0) is 73.7 Å². The lowest BCUT2D eigenvalue weighted by molar-refractivity contribution is -0.122. The minimum atomic E-state index is -0.866. The van der Waals surface area contributed by atoms with Crippen LogP contribution < -0.4 is 15.1 Å². The Kier molecular flexibility index (Phi) is 5.97. The summed E-state index contributed by atoms with van der Waals surface area (Å²) in [5.41, 5.74) is 2.57. The molecule has 2 aromatic rings. The highest BCUT2D eigenvalue weighted by atomic mass is 35.5. The number of nitrogens with zero attached hydrogens (tertiary/aromatic N) is 2. The number of hydrogen-bond acceptors (Lipinski definition) is 4. The van der Waals surface area contributed by atoms with Crippen molar-refractivity contribution in [1.82, 2.24) is 5.32 Å². The maximum Gasteiger partial charge on any atom is 0.335 e. The third kappa shape index (κ3) is 4.12. The standard InChI is InChI=1S/C24H22Cl3N3O3/c1-12-11-24(2,3)29(4)20-10-18(26)13(7-15(12)20)8-16-21(31)28-23(33)30(22(16)32)14-5-6-17(25)19(27)9-14/h5-10,12H,11H2,1-4H3,(H,28,31,33)/b16-8+/t12-/m1/s1. The van der Waals surface area contributed by atoms with Crippen LogP contribution in [0.15, 0.2) is 35.9 Å². The Labute approximate surface area is 207 Å². The summed E-state index contributed by atoms with van der Waals surface area (Å²) in [5, 5.41) is 3.06. The Morgan fingerprint density at radius 1 is 1.03 bits per heavy atom. The molecule has 0 saturated carbocycles. The SMILES string of the molecule is C[C@@H]1CC(C)(C)N(C)c2cc(Cl)c(/C=C3\C(=O)NC(=O)N(c4ccc(Cl)c(Cl)c4)C3=O)cc21. The van der Waals surface area contributed by atoms with Gasteiger partial charge in [0.25, 0.3) is 11.8 Å². The third-order valence-electron chi connectivity index (χ3n) is 6.31. The molecule has 2 heterocycles. The molecule has 1 saturated heterocycles. The average molecular weight is 507 g/mol. The monoisotopic (exact) mass is 505 g/mol. The second kappa shape index (κ2) is 8.35. The van der Waals surface area contributed by atoms with E-state index >= 15 is 0 Å². The van der Waals surface area contributed by atoms with Gasteiger partial charge in [0.1, 0.15) is 5.57 Å².